The number of likely N-dealkylation sites (N-methyl/N-ethyl adjacent to an activating group) is 1. The summed E-state index contributed by atoms with van der Waals surface area (Å²) in [5.41, 5.74) is 1.00. The van der Waals surface area contributed by atoms with Crippen LogP contribution in [0, 0.1) is 6.92 Å². The SMILES string of the molecule is Cc1ccnc(N(C)CCNC(C)C)n1. The van der Waals surface area contributed by atoms with E-state index in [4.69, 9.17) is 0 Å². The van der Waals surface area contributed by atoms with E-state index in [0.29, 0.717) is 6.04 Å². The number of nitrogens with zero attached hydrogens (tertiary/aromatic N) is 3. The van der Waals surface area contributed by atoms with Gasteiger partial charge in [-0.05, 0) is 13.0 Å². The summed E-state index contributed by atoms with van der Waals surface area (Å²) in [6, 6.07) is 2.43. The lowest BCUT2D eigenvalue weighted by molar-refractivity contribution is 0.587. The van der Waals surface area contributed by atoms with Crippen molar-refractivity contribution in [2.75, 3.05) is 25.0 Å². The minimum absolute atomic E-state index is 0.525. The second kappa shape index (κ2) is 5.66. The third-order valence-electron chi connectivity index (χ3n) is 2.12. The highest BCUT2D eigenvalue weighted by molar-refractivity contribution is 5.28. The first-order valence-corrected chi connectivity index (χ1v) is 5.34. The maximum absolute atomic E-state index is 4.36. The van der Waals surface area contributed by atoms with E-state index < -0.39 is 0 Å². The van der Waals surface area contributed by atoms with Crippen LogP contribution in [0.5, 0.6) is 0 Å². The van der Waals surface area contributed by atoms with E-state index in [9.17, 15) is 0 Å². The molecular formula is C11H20N4. The number of nitrogens with one attached hydrogen (secondary N) is 1. The first-order valence-electron chi connectivity index (χ1n) is 5.34. The third kappa shape index (κ3) is 4.25. The molecule has 0 fully saturated rings. The van der Waals surface area contributed by atoms with Crippen LogP contribution in [-0.2, 0) is 0 Å². The van der Waals surface area contributed by atoms with E-state index in [0.717, 1.165) is 24.7 Å². The van der Waals surface area contributed by atoms with Gasteiger partial charge in [0.25, 0.3) is 0 Å². The van der Waals surface area contributed by atoms with Gasteiger partial charge < -0.3 is 10.2 Å². The van der Waals surface area contributed by atoms with Crippen molar-refractivity contribution in [3.8, 4) is 0 Å². The minimum Gasteiger partial charge on any atom is -0.343 e. The number of anilines is 1. The normalized spacial score (nSPS) is 10.7. The largest absolute Gasteiger partial charge is 0.343 e. The van der Waals surface area contributed by atoms with Gasteiger partial charge in [0, 0.05) is 38.1 Å². The summed E-state index contributed by atoms with van der Waals surface area (Å²) in [4.78, 5) is 10.6. The van der Waals surface area contributed by atoms with E-state index in [1.165, 1.54) is 0 Å². The molecular weight excluding hydrogens is 188 g/mol. The minimum atomic E-state index is 0.525. The van der Waals surface area contributed by atoms with Crippen molar-refractivity contribution in [3.63, 3.8) is 0 Å². The lowest BCUT2D eigenvalue weighted by atomic mass is 10.4. The highest BCUT2D eigenvalue weighted by Crippen LogP contribution is 2.03. The van der Waals surface area contributed by atoms with Crippen LogP contribution in [0.25, 0.3) is 0 Å². The molecule has 0 atom stereocenters. The molecule has 0 spiro atoms. The monoisotopic (exact) mass is 208 g/mol. The van der Waals surface area contributed by atoms with Crippen LogP contribution in [0.4, 0.5) is 5.95 Å². The highest BCUT2D eigenvalue weighted by atomic mass is 15.2. The van der Waals surface area contributed by atoms with Gasteiger partial charge in [0.1, 0.15) is 0 Å². The summed E-state index contributed by atoms with van der Waals surface area (Å²) in [5, 5.41) is 3.36. The van der Waals surface area contributed by atoms with Crippen LogP contribution < -0.4 is 10.2 Å². The quantitative estimate of drug-likeness (QED) is 0.790. The van der Waals surface area contributed by atoms with Crippen LogP contribution in [-0.4, -0.2) is 36.1 Å². The van der Waals surface area contributed by atoms with Gasteiger partial charge in [-0.3, -0.25) is 0 Å². The fourth-order valence-electron chi connectivity index (χ4n) is 1.24. The molecule has 0 aliphatic carbocycles. The Kier molecular flexibility index (Phi) is 4.49. The summed E-state index contributed by atoms with van der Waals surface area (Å²) in [7, 11) is 2.01. The molecule has 0 radical (unpaired) electrons. The molecule has 0 saturated carbocycles. The fraction of sp³-hybridized carbons (Fsp3) is 0.636. The predicted octanol–water partition coefficient (Wildman–Crippen LogP) is 1.22. The topological polar surface area (TPSA) is 41.1 Å². The Morgan fingerprint density at radius 2 is 2.20 bits per heavy atom. The second-order valence-corrected chi connectivity index (χ2v) is 4.03. The molecule has 0 aliphatic heterocycles. The van der Waals surface area contributed by atoms with E-state index in [1.54, 1.807) is 6.20 Å². The molecule has 1 aromatic heterocycles. The fourth-order valence-corrected chi connectivity index (χ4v) is 1.24. The molecule has 0 saturated heterocycles. The van der Waals surface area contributed by atoms with Gasteiger partial charge in [0.2, 0.25) is 5.95 Å². The Balaban J connectivity index is 2.43. The first kappa shape index (κ1) is 11.9. The van der Waals surface area contributed by atoms with Crippen LogP contribution >= 0.6 is 0 Å². The summed E-state index contributed by atoms with van der Waals surface area (Å²) >= 11 is 0. The van der Waals surface area contributed by atoms with Crippen molar-refractivity contribution in [1.82, 2.24) is 15.3 Å². The molecule has 1 N–H and O–H groups in total. The number of rotatable bonds is 5. The molecule has 0 aromatic carbocycles. The lowest BCUT2D eigenvalue weighted by Crippen LogP contribution is -2.33. The highest BCUT2D eigenvalue weighted by Gasteiger charge is 2.03. The van der Waals surface area contributed by atoms with Crippen LogP contribution in [0.1, 0.15) is 19.5 Å². The smallest absolute Gasteiger partial charge is 0.225 e. The summed E-state index contributed by atoms with van der Waals surface area (Å²) < 4.78 is 0. The molecule has 15 heavy (non-hydrogen) atoms. The van der Waals surface area contributed by atoms with Gasteiger partial charge in [-0.15, -0.1) is 0 Å². The van der Waals surface area contributed by atoms with Crippen molar-refractivity contribution in [3.05, 3.63) is 18.0 Å². The van der Waals surface area contributed by atoms with Gasteiger partial charge in [0.15, 0.2) is 0 Å². The Bertz CT molecular complexity index is 298. The first-order chi connectivity index (χ1) is 7.09. The van der Waals surface area contributed by atoms with Crippen molar-refractivity contribution < 1.29 is 0 Å². The van der Waals surface area contributed by atoms with Crippen LogP contribution in [0.2, 0.25) is 0 Å². The van der Waals surface area contributed by atoms with Crippen LogP contribution in [0.3, 0.4) is 0 Å². The molecule has 0 unspecified atom stereocenters. The lowest BCUT2D eigenvalue weighted by Gasteiger charge is -2.18. The molecule has 0 amide bonds. The zero-order chi connectivity index (χ0) is 11.3. The summed E-state index contributed by atoms with van der Waals surface area (Å²) in [5.74, 6) is 0.792. The van der Waals surface area contributed by atoms with E-state index in [1.807, 2.05) is 20.0 Å². The van der Waals surface area contributed by atoms with Gasteiger partial charge in [-0.1, -0.05) is 13.8 Å². The van der Waals surface area contributed by atoms with Crippen molar-refractivity contribution in [1.29, 1.82) is 0 Å². The van der Waals surface area contributed by atoms with E-state index in [2.05, 4.69) is 34.0 Å². The standard InChI is InChI=1S/C11H20N4/c1-9(2)12-7-8-15(4)11-13-6-5-10(3)14-11/h5-6,9,12H,7-8H2,1-4H3. The molecule has 84 valence electrons. The zero-order valence-corrected chi connectivity index (χ0v) is 9.99. The molecule has 4 heteroatoms. The van der Waals surface area contributed by atoms with Crippen molar-refractivity contribution in [2.45, 2.75) is 26.8 Å². The Morgan fingerprint density at radius 3 is 2.80 bits per heavy atom. The van der Waals surface area contributed by atoms with Crippen LogP contribution in [0.15, 0.2) is 12.3 Å². The van der Waals surface area contributed by atoms with Gasteiger partial charge in [-0.25, -0.2) is 9.97 Å². The Labute approximate surface area is 91.7 Å². The van der Waals surface area contributed by atoms with Gasteiger partial charge in [0.05, 0.1) is 0 Å². The molecule has 0 bridgehead atoms. The number of aromatic nitrogens is 2. The number of hydrogen-bond acceptors (Lipinski definition) is 4. The molecule has 4 nitrogen and oxygen atoms in total. The van der Waals surface area contributed by atoms with Crippen molar-refractivity contribution >= 4 is 5.95 Å². The average molecular weight is 208 g/mol. The summed E-state index contributed by atoms with van der Waals surface area (Å²) in [6.45, 7) is 8.13. The molecule has 1 rings (SSSR count). The number of aryl methyl sites for hydroxylation is 1. The third-order valence-corrected chi connectivity index (χ3v) is 2.12. The average Bonchev–Trinajstić information content (AvgIpc) is 2.17. The molecule has 0 aliphatic rings. The molecule has 1 heterocycles. The molecule has 1 aromatic rings. The maximum Gasteiger partial charge on any atom is 0.225 e. The van der Waals surface area contributed by atoms with Crippen molar-refractivity contribution in [2.24, 2.45) is 0 Å². The maximum atomic E-state index is 4.36. The summed E-state index contributed by atoms with van der Waals surface area (Å²) in [6.07, 6.45) is 1.80. The Morgan fingerprint density at radius 1 is 1.47 bits per heavy atom. The second-order valence-electron chi connectivity index (χ2n) is 4.03. The zero-order valence-electron chi connectivity index (χ0n) is 9.99. The number of hydrogen-bond donors (Lipinski definition) is 1. The van der Waals surface area contributed by atoms with Gasteiger partial charge >= 0.3 is 0 Å². The Hall–Kier alpha value is -1.16. The van der Waals surface area contributed by atoms with Gasteiger partial charge in [-0.2, -0.15) is 0 Å². The van der Waals surface area contributed by atoms with E-state index in [-0.39, 0.29) is 0 Å². The van der Waals surface area contributed by atoms with E-state index >= 15 is 0 Å². The predicted molar refractivity (Wildman–Crippen MR) is 63.2 cm³/mol.